The van der Waals surface area contributed by atoms with Crippen molar-refractivity contribution < 1.29 is 15.7 Å². The van der Waals surface area contributed by atoms with E-state index >= 15 is 0 Å². The van der Waals surface area contributed by atoms with Gasteiger partial charge < -0.3 is 4.74 Å². The van der Waals surface area contributed by atoms with Gasteiger partial charge in [0.1, 0.15) is 5.75 Å². The molecule has 0 aromatic heterocycles. The van der Waals surface area contributed by atoms with E-state index < -0.39 is 0 Å². The van der Waals surface area contributed by atoms with Crippen LogP contribution < -0.4 is 4.74 Å². The number of methoxy groups -OCH3 is 1. The summed E-state index contributed by atoms with van der Waals surface area (Å²) in [5.74, 6) is 2.21. The molecule has 260 valence electrons. The van der Waals surface area contributed by atoms with Gasteiger partial charge in [0, 0.05) is 37.2 Å². The average molecular weight is 646 g/mol. The van der Waals surface area contributed by atoms with Crippen LogP contribution in [0.2, 0.25) is 0 Å². The molecule has 0 N–H and O–H groups in total. The van der Waals surface area contributed by atoms with E-state index in [1.165, 1.54) is 45.6 Å². The molecule has 47 heavy (non-hydrogen) atoms. The number of aryl methyl sites for hydroxylation is 3. The van der Waals surface area contributed by atoms with Crippen molar-refractivity contribution in [1.29, 1.82) is 0 Å². The number of hydrogen-bond donors (Lipinski definition) is 0. The fourth-order valence-corrected chi connectivity index (χ4v) is 6.59. The number of rotatable bonds is 11. The molecular formula is C43H64FNO2. The highest BCUT2D eigenvalue weighted by Crippen LogP contribution is 2.34. The van der Waals surface area contributed by atoms with Gasteiger partial charge in [0.15, 0.2) is 5.78 Å². The predicted molar refractivity (Wildman–Crippen MR) is 204 cm³/mol. The molecule has 2 aliphatic rings. The molecule has 5 rings (SSSR count). The SMILES string of the molecule is C.CC.CC.CCc1cc(CCC2CCC(C(=O)c3ccc(CC4=NC(Cc5cccc(C)c5)=CCC4)cc3)CC2)ccc1OC.F.[HH]. The summed E-state index contributed by atoms with van der Waals surface area (Å²) in [5, 5.41) is 0. The number of allylic oxidation sites excluding steroid dienone is 2. The Labute approximate surface area is 287 Å². The van der Waals surface area contributed by atoms with Gasteiger partial charge in [-0.1, -0.05) is 114 Å². The second kappa shape index (κ2) is 22.1. The van der Waals surface area contributed by atoms with Crippen molar-refractivity contribution in [2.75, 3.05) is 7.11 Å². The molecule has 1 heterocycles. The monoisotopic (exact) mass is 645 g/mol. The summed E-state index contributed by atoms with van der Waals surface area (Å²) in [6.45, 7) is 12.3. The first kappa shape index (κ1) is 41.5. The average Bonchev–Trinajstić information content (AvgIpc) is 3.09. The highest BCUT2D eigenvalue weighted by molar-refractivity contribution is 5.98. The Morgan fingerprint density at radius 3 is 2.19 bits per heavy atom. The molecule has 1 aliphatic heterocycles. The van der Waals surface area contributed by atoms with Crippen molar-refractivity contribution >= 4 is 11.5 Å². The zero-order valence-electron chi connectivity index (χ0n) is 29.5. The second-order valence-electron chi connectivity index (χ2n) is 12.1. The molecule has 0 radical (unpaired) electrons. The van der Waals surface area contributed by atoms with Gasteiger partial charge in [0.25, 0.3) is 0 Å². The lowest BCUT2D eigenvalue weighted by Gasteiger charge is -2.28. The van der Waals surface area contributed by atoms with Crippen LogP contribution >= 0.6 is 0 Å². The standard InChI is InChI=1S/C38H45NO2.2C2H6.CH4.FH.H2/c1-4-32-24-29(17-22-37(32)41-3)12-11-28-13-18-33(19-14-28)38(40)34-20-15-30(16-21-34)25-35-9-6-10-36(39-35)26-31-8-5-7-27(2)23-31;2*1-2;;;/h5,7-8,10,15-17,20-24,28,33H,4,6,9,11-14,18-19,25-26H2,1-3H3;2*1-2H3;1H4;2*1H. The summed E-state index contributed by atoms with van der Waals surface area (Å²) >= 11 is 0. The van der Waals surface area contributed by atoms with E-state index in [0.29, 0.717) is 5.78 Å². The van der Waals surface area contributed by atoms with Crippen LogP contribution in [0.25, 0.3) is 0 Å². The largest absolute Gasteiger partial charge is 0.496 e. The van der Waals surface area contributed by atoms with E-state index in [9.17, 15) is 4.79 Å². The van der Waals surface area contributed by atoms with Crippen LogP contribution in [-0.4, -0.2) is 18.6 Å². The lowest BCUT2D eigenvalue weighted by atomic mass is 9.76. The number of carbonyl (C=O) groups is 1. The van der Waals surface area contributed by atoms with E-state index in [4.69, 9.17) is 9.73 Å². The van der Waals surface area contributed by atoms with E-state index in [0.717, 1.165) is 81.4 Å². The molecule has 0 amide bonds. The van der Waals surface area contributed by atoms with E-state index in [1.807, 2.05) is 39.8 Å². The zero-order chi connectivity index (χ0) is 32.6. The minimum Gasteiger partial charge on any atom is -0.496 e. The third-order valence-corrected chi connectivity index (χ3v) is 9.01. The van der Waals surface area contributed by atoms with Gasteiger partial charge in [-0.05, 0) is 98.9 Å². The van der Waals surface area contributed by atoms with E-state index in [2.05, 4.69) is 74.5 Å². The molecule has 0 atom stereocenters. The molecule has 1 aliphatic carbocycles. The Kier molecular flexibility index (Phi) is 19.5. The number of Topliss-reactive ketones (excluding diaryl/α,β-unsaturated/α-hetero) is 1. The number of benzene rings is 3. The Morgan fingerprint density at radius 1 is 0.872 bits per heavy atom. The van der Waals surface area contributed by atoms with Crippen LogP contribution in [-0.2, 0) is 25.7 Å². The molecule has 4 heteroatoms. The lowest BCUT2D eigenvalue weighted by Crippen LogP contribution is -2.22. The van der Waals surface area contributed by atoms with Crippen LogP contribution in [0.15, 0.2) is 83.5 Å². The summed E-state index contributed by atoms with van der Waals surface area (Å²) in [7, 11) is 1.75. The quantitative estimate of drug-likeness (QED) is 0.195. The third kappa shape index (κ3) is 12.5. The molecule has 3 aromatic rings. The molecule has 1 fully saturated rings. The Morgan fingerprint density at radius 2 is 1.55 bits per heavy atom. The van der Waals surface area contributed by atoms with Gasteiger partial charge in [0.05, 0.1) is 7.11 Å². The van der Waals surface area contributed by atoms with Crippen molar-refractivity contribution in [3.05, 3.63) is 112 Å². The number of aliphatic imine (C=N–C) groups is 1. The molecule has 0 spiro atoms. The van der Waals surface area contributed by atoms with Crippen molar-refractivity contribution in [2.24, 2.45) is 16.8 Å². The molecule has 0 bridgehead atoms. The second-order valence-corrected chi connectivity index (χ2v) is 12.1. The van der Waals surface area contributed by atoms with Crippen LogP contribution in [0.5, 0.6) is 5.75 Å². The van der Waals surface area contributed by atoms with Gasteiger partial charge >= 0.3 is 0 Å². The smallest absolute Gasteiger partial charge is 0.165 e. The van der Waals surface area contributed by atoms with Gasteiger partial charge in [-0.15, -0.1) is 0 Å². The van der Waals surface area contributed by atoms with Crippen LogP contribution in [0.1, 0.15) is 127 Å². The van der Waals surface area contributed by atoms with Crippen molar-refractivity contribution in [1.82, 2.24) is 0 Å². The number of halogens is 1. The summed E-state index contributed by atoms with van der Waals surface area (Å²) in [6.07, 6.45) is 13.7. The zero-order valence-corrected chi connectivity index (χ0v) is 29.5. The molecule has 0 unspecified atom stereocenters. The van der Waals surface area contributed by atoms with Gasteiger partial charge in [-0.2, -0.15) is 0 Å². The summed E-state index contributed by atoms with van der Waals surface area (Å²) in [6, 6.07) is 23.7. The Hall–Kier alpha value is -3.53. The molecule has 3 nitrogen and oxygen atoms in total. The van der Waals surface area contributed by atoms with E-state index in [1.54, 1.807) is 7.11 Å². The number of nitrogens with zero attached hydrogens (tertiary/aromatic N) is 1. The number of hydrogen-bond acceptors (Lipinski definition) is 3. The molecule has 1 saturated carbocycles. The van der Waals surface area contributed by atoms with Gasteiger partial charge in [-0.25, -0.2) is 0 Å². The predicted octanol–water partition coefficient (Wildman–Crippen LogP) is 12.2. The summed E-state index contributed by atoms with van der Waals surface area (Å²) in [5.41, 5.74) is 9.83. The maximum absolute atomic E-state index is 13.3. The minimum atomic E-state index is 0. The van der Waals surface area contributed by atoms with Crippen molar-refractivity contribution in [2.45, 2.75) is 120 Å². The lowest BCUT2D eigenvalue weighted by molar-refractivity contribution is 0.0870. The highest BCUT2D eigenvalue weighted by Gasteiger charge is 2.27. The fraction of sp³-hybridized carbons (Fsp3) is 0.488. The van der Waals surface area contributed by atoms with Gasteiger partial charge in [-0.3, -0.25) is 14.5 Å². The van der Waals surface area contributed by atoms with Crippen LogP contribution in [0.3, 0.4) is 0 Å². The molecule has 3 aromatic carbocycles. The number of ether oxygens (including phenoxy) is 1. The van der Waals surface area contributed by atoms with Gasteiger partial charge in [0.2, 0.25) is 0 Å². The maximum atomic E-state index is 13.3. The molecular weight excluding hydrogens is 581 g/mol. The van der Waals surface area contributed by atoms with Crippen LogP contribution in [0, 0.1) is 18.8 Å². The first-order valence-electron chi connectivity index (χ1n) is 17.6. The fourth-order valence-electron chi connectivity index (χ4n) is 6.59. The topological polar surface area (TPSA) is 38.7 Å². The number of ketones is 1. The minimum absolute atomic E-state index is 0. The van der Waals surface area contributed by atoms with E-state index in [-0.39, 0.29) is 19.5 Å². The maximum Gasteiger partial charge on any atom is 0.165 e. The van der Waals surface area contributed by atoms with Crippen LogP contribution in [0.4, 0.5) is 4.70 Å². The Balaban J connectivity index is 0.00000304. The first-order chi connectivity index (χ1) is 22.0. The third-order valence-electron chi connectivity index (χ3n) is 9.01. The summed E-state index contributed by atoms with van der Waals surface area (Å²) in [4.78, 5) is 18.3. The Bertz CT molecular complexity index is 1400. The first-order valence-corrected chi connectivity index (χ1v) is 17.6. The van der Waals surface area contributed by atoms with Crippen molar-refractivity contribution in [3.63, 3.8) is 0 Å². The molecule has 0 saturated heterocycles. The number of carbonyl (C=O) groups excluding carboxylic acids is 1. The summed E-state index contributed by atoms with van der Waals surface area (Å²) < 4.78 is 5.48. The normalized spacial score (nSPS) is 16.7. The van der Waals surface area contributed by atoms with Crippen molar-refractivity contribution in [3.8, 4) is 5.75 Å². The highest BCUT2D eigenvalue weighted by atomic mass is 19.0.